The molecule has 2 aromatic carbocycles. The van der Waals surface area contributed by atoms with E-state index < -0.39 is 9.84 Å². The van der Waals surface area contributed by atoms with Gasteiger partial charge in [-0.25, -0.2) is 13.4 Å². The first kappa shape index (κ1) is 19.7. The number of hydrogen-bond acceptors (Lipinski definition) is 4. The first-order chi connectivity index (χ1) is 13.9. The van der Waals surface area contributed by atoms with E-state index in [-0.39, 0.29) is 0 Å². The summed E-state index contributed by atoms with van der Waals surface area (Å²) in [5.74, 6) is 1.70. The molecule has 5 nitrogen and oxygen atoms in total. The highest BCUT2D eigenvalue weighted by atomic mass is 32.2. The predicted octanol–water partition coefficient (Wildman–Crippen LogP) is 3.98. The Morgan fingerprint density at radius 3 is 2.38 bits per heavy atom. The first-order valence-corrected chi connectivity index (χ1v) is 11.5. The molecule has 29 heavy (non-hydrogen) atoms. The molecule has 1 aromatic heterocycles. The van der Waals surface area contributed by atoms with Gasteiger partial charge in [0.05, 0.1) is 23.1 Å². The zero-order chi connectivity index (χ0) is 20.6. The second-order valence-corrected chi connectivity index (χ2v) is 10.00. The van der Waals surface area contributed by atoms with Crippen LogP contribution in [0.3, 0.4) is 0 Å². The summed E-state index contributed by atoms with van der Waals surface area (Å²) in [5.41, 5.74) is 1.65. The zero-order valence-electron chi connectivity index (χ0n) is 17.1. The number of piperidine rings is 1. The normalized spacial score (nSPS) is 20.0. The number of rotatable bonds is 4. The molecule has 0 bridgehead atoms. The van der Waals surface area contributed by atoms with Crippen LogP contribution in [0.2, 0.25) is 0 Å². The lowest BCUT2D eigenvalue weighted by atomic mass is 9.91. The van der Waals surface area contributed by atoms with E-state index in [9.17, 15) is 8.42 Å². The number of aromatic amines is 1. The van der Waals surface area contributed by atoms with Gasteiger partial charge in [0.25, 0.3) is 0 Å². The van der Waals surface area contributed by atoms with Gasteiger partial charge in [-0.3, -0.25) is 0 Å². The fraction of sp³-hybridized carbons (Fsp3) is 0.348. The van der Waals surface area contributed by atoms with E-state index in [0.717, 1.165) is 36.1 Å². The Balaban J connectivity index is 1.99. The SMILES string of the molecule is COc1ccc2[nH+]cc(S(=O)(=O)c3ccccc3)c(N3C[C@@H](C)C[C@H](C)C3)c2c1. The highest BCUT2D eigenvalue weighted by molar-refractivity contribution is 7.91. The fourth-order valence-corrected chi connectivity index (χ4v) is 5.90. The van der Waals surface area contributed by atoms with Crippen molar-refractivity contribution in [3.8, 4) is 5.75 Å². The largest absolute Gasteiger partial charge is 0.497 e. The lowest BCUT2D eigenvalue weighted by molar-refractivity contribution is -0.347. The van der Waals surface area contributed by atoms with Crippen LogP contribution in [0.1, 0.15) is 20.3 Å². The number of nitrogens with one attached hydrogen (secondary N) is 1. The summed E-state index contributed by atoms with van der Waals surface area (Å²) in [5, 5.41) is 0.864. The quantitative estimate of drug-likeness (QED) is 0.652. The number of hydrogen-bond donors (Lipinski definition) is 0. The number of ether oxygens (including phenoxy) is 1. The van der Waals surface area contributed by atoms with Gasteiger partial charge in [-0.15, -0.1) is 0 Å². The van der Waals surface area contributed by atoms with E-state index in [0.29, 0.717) is 27.4 Å². The maximum Gasteiger partial charge on any atom is 0.214 e. The van der Waals surface area contributed by atoms with Gasteiger partial charge >= 0.3 is 0 Å². The smallest absolute Gasteiger partial charge is 0.214 e. The number of sulfone groups is 1. The molecule has 0 spiro atoms. The van der Waals surface area contributed by atoms with Crippen molar-refractivity contribution in [2.45, 2.75) is 30.1 Å². The Bertz CT molecular complexity index is 1120. The average Bonchev–Trinajstić information content (AvgIpc) is 2.72. The van der Waals surface area contributed by atoms with Gasteiger partial charge in [0.2, 0.25) is 15.4 Å². The average molecular weight is 412 g/mol. The highest BCUT2D eigenvalue weighted by Crippen LogP contribution is 2.38. The number of pyridine rings is 1. The van der Waals surface area contributed by atoms with Crippen LogP contribution in [-0.4, -0.2) is 28.6 Å². The molecular formula is C23H27N2O3S+. The molecule has 2 heterocycles. The molecule has 3 aromatic rings. The minimum Gasteiger partial charge on any atom is -0.497 e. The van der Waals surface area contributed by atoms with Crippen molar-refractivity contribution < 1.29 is 18.1 Å². The van der Waals surface area contributed by atoms with E-state index in [2.05, 4.69) is 23.7 Å². The Hall–Kier alpha value is -2.60. The van der Waals surface area contributed by atoms with E-state index >= 15 is 0 Å². The molecule has 1 aliphatic rings. The third kappa shape index (κ3) is 3.69. The lowest BCUT2D eigenvalue weighted by Crippen LogP contribution is -2.39. The number of nitrogens with zero attached hydrogens (tertiary/aromatic N) is 1. The summed E-state index contributed by atoms with van der Waals surface area (Å²) < 4.78 is 32.6. The van der Waals surface area contributed by atoms with Gasteiger partial charge in [-0.1, -0.05) is 32.0 Å². The lowest BCUT2D eigenvalue weighted by Gasteiger charge is -2.37. The Kier molecular flexibility index (Phi) is 5.21. The van der Waals surface area contributed by atoms with E-state index in [1.807, 2.05) is 24.3 Å². The van der Waals surface area contributed by atoms with Gasteiger partial charge in [0.15, 0.2) is 11.1 Å². The minimum absolute atomic E-state index is 0.301. The van der Waals surface area contributed by atoms with Crippen LogP contribution in [0.4, 0.5) is 5.69 Å². The van der Waals surface area contributed by atoms with E-state index in [4.69, 9.17) is 4.74 Å². The second-order valence-electron chi connectivity index (χ2n) is 8.08. The monoisotopic (exact) mass is 411 g/mol. The van der Waals surface area contributed by atoms with Crippen molar-refractivity contribution in [2.75, 3.05) is 25.1 Å². The van der Waals surface area contributed by atoms with E-state index in [1.165, 1.54) is 0 Å². The van der Waals surface area contributed by atoms with Crippen LogP contribution >= 0.6 is 0 Å². The van der Waals surface area contributed by atoms with Crippen molar-refractivity contribution >= 4 is 26.4 Å². The van der Waals surface area contributed by atoms with Crippen molar-refractivity contribution in [1.29, 1.82) is 0 Å². The van der Waals surface area contributed by atoms with Crippen molar-refractivity contribution in [3.63, 3.8) is 0 Å². The van der Waals surface area contributed by atoms with Crippen molar-refractivity contribution in [1.82, 2.24) is 0 Å². The zero-order valence-corrected chi connectivity index (χ0v) is 17.9. The molecule has 0 unspecified atom stereocenters. The summed E-state index contributed by atoms with van der Waals surface area (Å²) in [4.78, 5) is 6.04. The maximum absolute atomic E-state index is 13.6. The van der Waals surface area contributed by atoms with Crippen LogP contribution in [0.25, 0.3) is 10.9 Å². The molecule has 1 N–H and O–H groups in total. The number of anilines is 1. The molecule has 4 rings (SSSR count). The molecule has 2 atom stereocenters. The second kappa shape index (κ2) is 7.67. The van der Waals surface area contributed by atoms with Gasteiger partial charge in [0, 0.05) is 19.2 Å². The molecule has 1 aliphatic heterocycles. The number of fused-ring (bicyclic) bond motifs is 1. The first-order valence-electron chi connectivity index (χ1n) is 9.97. The third-order valence-corrected chi connectivity index (χ3v) is 7.39. The number of H-pyrrole nitrogens is 1. The summed E-state index contributed by atoms with van der Waals surface area (Å²) in [6.07, 6.45) is 2.79. The van der Waals surface area contributed by atoms with Crippen molar-refractivity contribution in [2.24, 2.45) is 11.8 Å². The fourth-order valence-electron chi connectivity index (χ4n) is 4.42. The van der Waals surface area contributed by atoms with Crippen LogP contribution in [0.15, 0.2) is 64.5 Å². The molecule has 6 heteroatoms. The van der Waals surface area contributed by atoms with Crippen LogP contribution in [-0.2, 0) is 9.84 Å². The number of aromatic nitrogens is 1. The highest BCUT2D eigenvalue weighted by Gasteiger charge is 2.32. The number of benzene rings is 2. The Morgan fingerprint density at radius 2 is 1.72 bits per heavy atom. The van der Waals surface area contributed by atoms with Gasteiger partial charge in [0.1, 0.15) is 5.75 Å². The summed E-state index contributed by atoms with van der Waals surface area (Å²) >= 11 is 0. The molecular weight excluding hydrogens is 384 g/mol. The minimum atomic E-state index is -3.68. The summed E-state index contributed by atoms with van der Waals surface area (Å²) in [6.45, 7) is 6.12. The van der Waals surface area contributed by atoms with Crippen LogP contribution in [0, 0.1) is 11.8 Å². The predicted molar refractivity (Wildman–Crippen MR) is 114 cm³/mol. The Morgan fingerprint density at radius 1 is 1.03 bits per heavy atom. The summed E-state index contributed by atoms with van der Waals surface area (Å²) in [6, 6.07) is 14.4. The number of methoxy groups -OCH3 is 1. The Labute approximate surface area is 172 Å². The molecule has 1 fully saturated rings. The topological polar surface area (TPSA) is 60.8 Å². The van der Waals surface area contributed by atoms with E-state index in [1.54, 1.807) is 37.6 Å². The molecule has 0 radical (unpaired) electrons. The van der Waals surface area contributed by atoms with Gasteiger partial charge in [-0.05, 0) is 42.5 Å². The maximum atomic E-state index is 13.6. The van der Waals surface area contributed by atoms with Crippen molar-refractivity contribution in [3.05, 3.63) is 54.7 Å². The van der Waals surface area contributed by atoms with Crippen LogP contribution in [0.5, 0.6) is 5.75 Å². The molecule has 0 saturated carbocycles. The molecule has 1 saturated heterocycles. The van der Waals surface area contributed by atoms with Gasteiger partial charge in [-0.2, -0.15) is 0 Å². The molecule has 0 aliphatic carbocycles. The molecule has 0 amide bonds. The molecule has 152 valence electrons. The van der Waals surface area contributed by atoms with Gasteiger partial charge < -0.3 is 9.64 Å². The summed E-state index contributed by atoms with van der Waals surface area (Å²) in [7, 11) is -2.05. The van der Waals surface area contributed by atoms with Crippen LogP contribution < -0.4 is 14.6 Å². The third-order valence-electron chi connectivity index (χ3n) is 5.60. The standard InChI is InChI=1S/C23H26N2O3S/c1-16-11-17(2)15-25(14-16)23-20-12-18(28-3)9-10-21(20)24-13-22(23)29(26,27)19-7-5-4-6-8-19/h4-10,12-13,16-17H,11,14-15H2,1-3H3/p+1/t16-,17-/m0/s1.